The van der Waals surface area contributed by atoms with E-state index in [1.165, 1.54) is 15.5 Å². The van der Waals surface area contributed by atoms with Crippen LogP contribution >= 0.6 is 0 Å². The van der Waals surface area contributed by atoms with Crippen LogP contribution in [-0.4, -0.2) is 29.6 Å². The third-order valence-electron chi connectivity index (χ3n) is 4.30. The summed E-state index contributed by atoms with van der Waals surface area (Å²) in [5.74, 6) is 0. The van der Waals surface area contributed by atoms with Gasteiger partial charge in [-0.05, 0) is 23.8 Å². The summed E-state index contributed by atoms with van der Waals surface area (Å²) in [7, 11) is -1.20. The molecule has 0 spiro atoms. The molecular formula is C19H16N4O3S. The van der Waals surface area contributed by atoms with Crippen molar-refractivity contribution in [1.29, 1.82) is 0 Å². The molecule has 2 heterocycles. The smallest absolute Gasteiger partial charge is 0.337 e. The molecule has 0 aliphatic heterocycles. The Morgan fingerprint density at radius 3 is 2.59 bits per heavy atom. The number of hydrogen-bond acceptors (Lipinski definition) is 4. The van der Waals surface area contributed by atoms with E-state index in [-0.39, 0.29) is 17.7 Å². The molecule has 0 aliphatic rings. The number of fused-ring (bicyclic) bond motifs is 1. The summed E-state index contributed by atoms with van der Waals surface area (Å²) in [6, 6.07) is 16.1. The lowest BCUT2D eigenvalue weighted by Crippen LogP contribution is -2.39. The summed E-state index contributed by atoms with van der Waals surface area (Å²) < 4.78 is 14.4. The number of rotatable bonds is 4. The van der Waals surface area contributed by atoms with E-state index >= 15 is 0 Å². The molecular weight excluding hydrogens is 364 g/mol. The number of hydrogen-bond donors (Lipinski definition) is 1. The highest BCUT2D eigenvalue weighted by molar-refractivity contribution is 7.84. The molecule has 0 saturated heterocycles. The van der Waals surface area contributed by atoms with E-state index in [2.05, 4.69) is 9.97 Å². The van der Waals surface area contributed by atoms with Crippen LogP contribution < -0.4 is 11.2 Å². The molecule has 0 fully saturated rings. The molecule has 7 nitrogen and oxygen atoms in total. The molecule has 0 aliphatic carbocycles. The van der Waals surface area contributed by atoms with E-state index in [1.807, 2.05) is 30.3 Å². The van der Waals surface area contributed by atoms with Crippen LogP contribution in [0, 0.1) is 0 Å². The van der Waals surface area contributed by atoms with Crippen molar-refractivity contribution < 1.29 is 4.21 Å². The fourth-order valence-electron chi connectivity index (χ4n) is 2.99. The second-order valence-corrected chi connectivity index (χ2v) is 7.43. The standard InChI is InChI=1S/C19H16N4O3S/c1-27(26)15-9-5-8-14(10-15)23-17-16(20-12-21-17)18(24)22(19(23)25)11-13-6-3-2-4-7-13/h2-10,12H,11H2,1H3,(H,20,21)/t27-/m0/s1. The van der Waals surface area contributed by atoms with E-state index < -0.39 is 22.0 Å². The van der Waals surface area contributed by atoms with Gasteiger partial charge in [0, 0.05) is 22.0 Å². The highest BCUT2D eigenvalue weighted by Gasteiger charge is 2.17. The lowest BCUT2D eigenvalue weighted by atomic mass is 10.2. The van der Waals surface area contributed by atoms with Gasteiger partial charge in [-0.15, -0.1) is 0 Å². The molecule has 0 amide bonds. The first-order chi connectivity index (χ1) is 13.1. The molecule has 27 heavy (non-hydrogen) atoms. The fourth-order valence-corrected chi connectivity index (χ4v) is 3.54. The van der Waals surface area contributed by atoms with Crippen LogP contribution in [0.1, 0.15) is 5.56 Å². The fraction of sp³-hybridized carbons (Fsp3) is 0.105. The zero-order valence-electron chi connectivity index (χ0n) is 14.5. The highest BCUT2D eigenvalue weighted by Crippen LogP contribution is 2.15. The summed E-state index contributed by atoms with van der Waals surface area (Å²) in [6.45, 7) is 0.146. The maximum atomic E-state index is 13.2. The largest absolute Gasteiger partial charge is 0.339 e. The van der Waals surface area contributed by atoms with Crippen molar-refractivity contribution in [2.45, 2.75) is 11.4 Å². The van der Waals surface area contributed by atoms with Gasteiger partial charge >= 0.3 is 5.69 Å². The molecule has 136 valence electrons. The van der Waals surface area contributed by atoms with Crippen LogP contribution in [0.15, 0.2) is 75.4 Å². The Hall–Kier alpha value is -3.26. The number of imidazole rings is 1. The summed E-state index contributed by atoms with van der Waals surface area (Å²) >= 11 is 0. The molecule has 0 saturated carbocycles. The second-order valence-electron chi connectivity index (χ2n) is 6.05. The topological polar surface area (TPSA) is 89.8 Å². The van der Waals surface area contributed by atoms with Gasteiger partial charge < -0.3 is 4.98 Å². The quantitative estimate of drug-likeness (QED) is 0.583. The van der Waals surface area contributed by atoms with Gasteiger partial charge in [-0.2, -0.15) is 0 Å². The van der Waals surface area contributed by atoms with Gasteiger partial charge in [0.25, 0.3) is 5.56 Å². The molecule has 0 radical (unpaired) electrons. The Balaban J connectivity index is 2.00. The average Bonchev–Trinajstić information content (AvgIpc) is 3.16. The molecule has 4 rings (SSSR count). The number of H-pyrrole nitrogens is 1. The normalized spacial score (nSPS) is 12.3. The van der Waals surface area contributed by atoms with Gasteiger partial charge in [0.2, 0.25) is 0 Å². The molecule has 4 aromatic rings. The Kier molecular flexibility index (Phi) is 4.33. The molecule has 0 unspecified atom stereocenters. The van der Waals surface area contributed by atoms with Gasteiger partial charge in [-0.25, -0.2) is 14.3 Å². The molecule has 2 aromatic carbocycles. The molecule has 0 bridgehead atoms. The van der Waals surface area contributed by atoms with Crippen LogP contribution in [0.25, 0.3) is 16.9 Å². The second kappa shape index (κ2) is 6.81. The Labute approximate surface area is 156 Å². The van der Waals surface area contributed by atoms with Crippen LogP contribution in [0.5, 0.6) is 0 Å². The van der Waals surface area contributed by atoms with Crippen LogP contribution in [0.2, 0.25) is 0 Å². The predicted octanol–water partition coefficient (Wildman–Crippen LogP) is 1.66. The van der Waals surface area contributed by atoms with Crippen LogP contribution in [-0.2, 0) is 17.3 Å². The van der Waals surface area contributed by atoms with Gasteiger partial charge in [-0.3, -0.25) is 13.6 Å². The van der Waals surface area contributed by atoms with Crippen molar-refractivity contribution in [1.82, 2.24) is 19.1 Å². The minimum Gasteiger partial charge on any atom is -0.339 e. The number of nitrogens with one attached hydrogen (secondary N) is 1. The number of benzene rings is 2. The maximum Gasteiger partial charge on any atom is 0.337 e. The molecule has 1 N–H and O–H groups in total. The minimum atomic E-state index is -1.20. The van der Waals surface area contributed by atoms with Crippen molar-refractivity contribution in [3.63, 3.8) is 0 Å². The first-order valence-electron chi connectivity index (χ1n) is 8.23. The van der Waals surface area contributed by atoms with E-state index in [1.54, 1.807) is 30.5 Å². The Bertz CT molecular complexity index is 1270. The minimum absolute atomic E-state index is 0.146. The molecule has 2 aromatic heterocycles. The van der Waals surface area contributed by atoms with E-state index in [0.717, 1.165) is 5.56 Å². The van der Waals surface area contributed by atoms with Crippen molar-refractivity contribution >= 4 is 22.0 Å². The number of aromatic nitrogens is 4. The highest BCUT2D eigenvalue weighted by atomic mass is 32.2. The van der Waals surface area contributed by atoms with Gasteiger partial charge in [0.05, 0.1) is 18.6 Å². The van der Waals surface area contributed by atoms with E-state index in [9.17, 15) is 13.8 Å². The van der Waals surface area contributed by atoms with Crippen molar-refractivity contribution in [3.05, 3.63) is 87.3 Å². The predicted molar refractivity (Wildman–Crippen MR) is 104 cm³/mol. The first-order valence-corrected chi connectivity index (χ1v) is 9.79. The van der Waals surface area contributed by atoms with Crippen LogP contribution in [0.4, 0.5) is 0 Å². The van der Waals surface area contributed by atoms with Crippen molar-refractivity contribution in [2.75, 3.05) is 6.26 Å². The summed E-state index contributed by atoms with van der Waals surface area (Å²) in [5.41, 5.74) is 0.907. The van der Waals surface area contributed by atoms with Gasteiger partial charge in [0.1, 0.15) is 5.52 Å². The van der Waals surface area contributed by atoms with Gasteiger partial charge in [-0.1, -0.05) is 36.4 Å². The summed E-state index contributed by atoms with van der Waals surface area (Å²) in [4.78, 5) is 33.6. The third kappa shape index (κ3) is 3.04. The average molecular weight is 380 g/mol. The van der Waals surface area contributed by atoms with Gasteiger partial charge in [0.15, 0.2) is 5.65 Å². The zero-order chi connectivity index (χ0) is 19.0. The third-order valence-corrected chi connectivity index (χ3v) is 5.22. The molecule has 8 heteroatoms. The maximum absolute atomic E-state index is 13.2. The summed E-state index contributed by atoms with van der Waals surface area (Å²) in [5, 5.41) is 0. The lowest BCUT2D eigenvalue weighted by Gasteiger charge is -2.12. The Morgan fingerprint density at radius 1 is 1.07 bits per heavy atom. The first kappa shape index (κ1) is 17.2. The Morgan fingerprint density at radius 2 is 1.85 bits per heavy atom. The van der Waals surface area contributed by atoms with E-state index in [0.29, 0.717) is 10.6 Å². The SMILES string of the molecule is C[S@](=O)c1cccc(-n2c(=O)n(Cc3ccccc3)c(=O)c3[nH]cnc32)c1. The number of aromatic amines is 1. The number of nitrogens with zero attached hydrogens (tertiary/aromatic N) is 3. The van der Waals surface area contributed by atoms with Crippen LogP contribution in [0.3, 0.4) is 0 Å². The summed E-state index contributed by atoms with van der Waals surface area (Å²) in [6.07, 6.45) is 2.96. The van der Waals surface area contributed by atoms with Crippen molar-refractivity contribution in [3.8, 4) is 5.69 Å². The lowest BCUT2D eigenvalue weighted by molar-refractivity contribution is 0.681. The monoisotopic (exact) mass is 380 g/mol. The zero-order valence-corrected chi connectivity index (χ0v) is 15.3. The van der Waals surface area contributed by atoms with E-state index in [4.69, 9.17) is 0 Å². The van der Waals surface area contributed by atoms with Crippen molar-refractivity contribution in [2.24, 2.45) is 0 Å². The molecule has 1 atom stereocenters.